The Morgan fingerprint density at radius 3 is 2.14 bits per heavy atom. The third-order valence-corrected chi connectivity index (χ3v) is 11.0. The molecular weight excluding hydrogens is 903 g/mol. The molecule has 1 aliphatic heterocycles. The van der Waals surface area contributed by atoms with Crippen molar-refractivity contribution in [3.05, 3.63) is 94.4 Å². The van der Waals surface area contributed by atoms with Gasteiger partial charge in [0.25, 0.3) is 5.91 Å². The smallest absolute Gasteiger partial charge is 0.341 e. The largest absolute Gasteiger partial charge is 0.492 e. The average molecular weight is 966 g/mol. The molecule has 0 radical (unpaired) electrons. The highest BCUT2D eigenvalue weighted by Gasteiger charge is 2.36. The van der Waals surface area contributed by atoms with Crippen molar-refractivity contribution in [1.29, 1.82) is 5.26 Å². The summed E-state index contributed by atoms with van der Waals surface area (Å²) in [6, 6.07) is 13.6. The minimum absolute atomic E-state index is 0.0199. The normalized spacial score (nSPS) is 16.9. The molecule has 374 valence electrons. The van der Waals surface area contributed by atoms with Crippen LogP contribution >= 0.6 is 0 Å². The molecule has 0 aromatic heterocycles. The summed E-state index contributed by atoms with van der Waals surface area (Å²) >= 11 is 0. The standard InChI is InChI=1S/C49H63N11O10/c1-28(47(70-27-40(61)62)59-42(54-6)31-9-12-33(13-10-31)49(3,4)5)43(63)57-36(16-17-50)48(67)60(7)41-32-11-15-39(69-23-20-53)35(26-32)34-24-30(8-14-38(34)68-22-19-52)25-37(45(65)55-21-18-51)58-44(64)29(2)56-46(41)66/h8-15,24,26,29,36-37,41H,6,16-17,19-23,25,27,50,52-53H2,1-5,7H3,(H,55,65)(H,56,66)(H,57,63)(H,58,64)(H,61,62)/b47-28-,59-42-/t29-,36-,37-,41-/m0/s1. The van der Waals surface area contributed by atoms with Gasteiger partial charge in [0.1, 0.15) is 55.4 Å². The number of fused-ring (bicyclic) bond motifs is 5. The number of likely N-dealkylation sites (N-methyl/N-ethyl adjacent to an activating group) is 1. The average Bonchev–Trinajstić information content (AvgIpc) is 3.33. The number of aliphatic imine (C=N–C) groups is 2. The van der Waals surface area contributed by atoms with E-state index in [0.29, 0.717) is 33.8 Å². The van der Waals surface area contributed by atoms with Gasteiger partial charge < -0.3 is 62.7 Å². The van der Waals surface area contributed by atoms with Crippen molar-refractivity contribution in [2.45, 2.75) is 77.0 Å². The van der Waals surface area contributed by atoms with E-state index in [1.807, 2.05) is 39.0 Å². The molecule has 0 aliphatic carbocycles. The van der Waals surface area contributed by atoms with Crippen LogP contribution in [0.5, 0.6) is 11.5 Å². The molecule has 0 fully saturated rings. The SMILES string of the molecule is C=N/C(=N\C(OCC(=O)O)=C(/C)C(=O)N[C@@H](CCN)C(=O)N(C)[C@@H]1C(=O)N[C@@H](C)C(=O)N[C@H](C(=O)NCC#N)Cc2ccc(OCCN)c(c2)-c2cc1ccc2OCCN)c1ccc(C(C)(C)C)cc1. The topological polar surface area (TPSA) is 328 Å². The monoisotopic (exact) mass is 965 g/mol. The fraction of sp³-hybridized carbons (Fsp3) is 0.408. The number of carboxylic acid groups (broad SMARTS) is 1. The molecular formula is C49H63N11O10. The van der Waals surface area contributed by atoms with Crippen LogP contribution in [0.15, 0.2) is 82.1 Å². The maximum absolute atomic E-state index is 14.8. The Morgan fingerprint density at radius 1 is 0.943 bits per heavy atom. The van der Waals surface area contributed by atoms with Gasteiger partial charge in [-0.3, -0.25) is 24.0 Å². The first-order valence-electron chi connectivity index (χ1n) is 22.5. The van der Waals surface area contributed by atoms with Crippen LogP contribution in [0.25, 0.3) is 11.1 Å². The number of amidine groups is 1. The summed E-state index contributed by atoms with van der Waals surface area (Å²) < 4.78 is 17.6. The van der Waals surface area contributed by atoms with Crippen LogP contribution in [0.2, 0.25) is 0 Å². The van der Waals surface area contributed by atoms with E-state index in [-0.39, 0.29) is 74.6 Å². The zero-order valence-electron chi connectivity index (χ0n) is 40.3. The van der Waals surface area contributed by atoms with E-state index in [2.05, 4.69) is 38.0 Å². The van der Waals surface area contributed by atoms with E-state index in [9.17, 15) is 39.1 Å². The summed E-state index contributed by atoms with van der Waals surface area (Å²) in [6.45, 7) is 11.7. The van der Waals surface area contributed by atoms with Crippen LogP contribution in [0.1, 0.15) is 69.3 Å². The molecule has 5 amide bonds. The second-order valence-electron chi connectivity index (χ2n) is 17.2. The number of hydrogen-bond donors (Lipinski definition) is 8. The number of ether oxygens (including phenoxy) is 3. The van der Waals surface area contributed by atoms with Crippen molar-refractivity contribution in [3.8, 4) is 28.7 Å². The summed E-state index contributed by atoms with van der Waals surface area (Å²) in [5, 5.41) is 29.1. The van der Waals surface area contributed by atoms with Crippen molar-refractivity contribution >= 4 is 48.1 Å². The van der Waals surface area contributed by atoms with Gasteiger partial charge in [0.2, 0.25) is 29.5 Å². The van der Waals surface area contributed by atoms with Crippen molar-refractivity contribution in [2.24, 2.45) is 27.2 Å². The molecule has 11 N–H and O–H groups in total. The quantitative estimate of drug-likeness (QED) is 0.0276. The molecule has 0 saturated heterocycles. The molecule has 4 bridgehead atoms. The Labute approximate surface area is 406 Å². The summed E-state index contributed by atoms with van der Waals surface area (Å²) in [6.07, 6.45) is -0.170. The number of nitrogens with zero attached hydrogens (tertiary/aromatic N) is 4. The predicted octanol–water partition coefficient (Wildman–Crippen LogP) is 1.32. The third kappa shape index (κ3) is 14.7. The summed E-state index contributed by atoms with van der Waals surface area (Å²) in [5.41, 5.74) is 20.4. The number of aliphatic carboxylic acids is 1. The number of carboxylic acids is 1. The lowest BCUT2D eigenvalue weighted by molar-refractivity contribution is -0.142. The lowest BCUT2D eigenvalue weighted by atomic mass is 9.86. The van der Waals surface area contributed by atoms with E-state index in [0.717, 1.165) is 10.5 Å². The number of benzene rings is 3. The number of rotatable bonds is 19. The summed E-state index contributed by atoms with van der Waals surface area (Å²) in [5.74, 6) is -4.99. The Bertz CT molecular complexity index is 2510. The zero-order valence-corrected chi connectivity index (χ0v) is 40.3. The molecule has 21 heteroatoms. The second kappa shape index (κ2) is 25.6. The molecule has 0 spiro atoms. The number of hydrogen-bond acceptors (Lipinski definition) is 14. The molecule has 3 aromatic carbocycles. The maximum atomic E-state index is 14.8. The van der Waals surface area contributed by atoms with Crippen LogP contribution in [-0.2, 0) is 45.3 Å². The second-order valence-corrected chi connectivity index (χ2v) is 17.2. The van der Waals surface area contributed by atoms with Crippen LogP contribution in [0.3, 0.4) is 0 Å². The van der Waals surface area contributed by atoms with Crippen molar-refractivity contribution < 1.29 is 48.1 Å². The van der Waals surface area contributed by atoms with Gasteiger partial charge in [0.05, 0.1) is 11.6 Å². The minimum atomic E-state index is -1.50. The number of nitrogens with two attached hydrogens (primary N) is 3. The number of carbonyl (C=O) groups is 6. The molecule has 4 atom stereocenters. The Balaban J connectivity index is 1.86. The Hall–Kier alpha value is -7.67. The van der Waals surface area contributed by atoms with Gasteiger partial charge in [-0.2, -0.15) is 10.3 Å². The van der Waals surface area contributed by atoms with Crippen molar-refractivity contribution in [3.63, 3.8) is 0 Å². The van der Waals surface area contributed by atoms with Crippen LogP contribution in [0, 0.1) is 11.3 Å². The highest BCUT2D eigenvalue weighted by molar-refractivity contribution is 6.03. The van der Waals surface area contributed by atoms with E-state index < -0.39 is 72.2 Å². The molecule has 3 aromatic rings. The zero-order chi connectivity index (χ0) is 51.7. The predicted molar refractivity (Wildman–Crippen MR) is 261 cm³/mol. The first-order chi connectivity index (χ1) is 33.3. The molecule has 70 heavy (non-hydrogen) atoms. The first-order valence-corrected chi connectivity index (χ1v) is 22.5. The summed E-state index contributed by atoms with van der Waals surface area (Å²) in [4.78, 5) is 91.7. The lowest BCUT2D eigenvalue weighted by Gasteiger charge is -2.32. The van der Waals surface area contributed by atoms with Gasteiger partial charge in [-0.05, 0) is 79.9 Å². The molecule has 1 heterocycles. The fourth-order valence-electron chi connectivity index (χ4n) is 7.25. The number of nitriles is 1. The van der Waals surface area contributed by atoms with Gasteiger partial charge >= 0.3 is 5.97 Å². The van der Waals surface area contributed by atoms with Gasteiger partial charge in [-0.1, -0.05) is 57.2 Å². The van der Waals surface area contributed by atoms with Crippen LogP contribution in [0.4, 0.5) is 0 Å². The van der Waals surface area contributed by atoms with Crippen molar-refractivity contribution in [1.82, 2.24) is 26.2 Å². The van der Waals surface area contributed by atoms with Gasteiger partial charge in [0.15, 0.2) is 12.4 Å². The van der Waals surface area contributed by atoms with Crippen LogP contribution in [-0.4, -0.2) is 129 Å². The van der Waals surface area contributed by atoms with Gasteiger partial charge in [0, 0.05) is 43.2 Å². The van der Waals surface area contributed by atoms with Gasteiger partial charge in [-0.25, -0.2) is 9.79 Å². The Morgan fingerprint density at radius 2 is 1.57 bits per heavy atom. The van der Waals surface area contributed by atoms with E-state index in [4.69, 9.17) is 31.4 Å². The number of carbonyl (C=O) groups excluding carboxylic acids is 5. The van der Waals surface area contributed by atoms with E-state index >= 15 is 0 Å². The highest BCUT2D eigenvalue weighted by Crippen LogP contribution is 2.40. The lowest BCUT2D eigenvalue weighted by Crippen LogP contribution is -2.56. The van der Waals surface area contributed by atoms with Gasteiger partial charge in [-0.15, -0.1) is 0 Å². The minimum Gasteiger partial charge on any atom is -0.492 e. The fourth-order valence-corrected chi connectivity index (χ4v) is 7.25. The number of amides is 5. The molecule has 0 unspecified atom stereocenters. The van der Waals surface area contributed by atoms with E-state index in [1.165, 1.54) is 20.9 Å². The first kappa shape index (κ1) is 54.9. The maximum Gasteiger partial charge on any atom is 0.341 e. The Kier molecular flexibility index (Phi) is 20.1. The highest BCUT2D eigenvalue weighted by atomic mass is 16.5. The molecule has 0 saturated carbocycles. The van der Waals surface area contributed by atoms with Crippen LogP contribution < -0.4 is 47.9 Å². The molecule has 1 aliphatic rings. The van der Waals surface area contributed by atoms with E-state index in [1.54, 1.807) is 48.5 Å². The van der Waals surface area contributed by atoms with Crippen molar-refractivity contribution in [2.75, 3.05) is 53.0 Å². The third-order valence-electron chi connectivity index (χ3n) is 11.0. The number of nitrogens with one attached hydrogen (secondary N) is 4. The molecule has 4 rings (SSSR count). The summed E-state index contributed by atoms with van der Waals surface area (Å²) in [7, 11) is 1.34. The molecule has 21 nitrogen and oxygen atoms in total.